The van der Waals surface area contributed by atoms with Gasteiger partial charge in [-0.3, -0.25) is 4.79 Å². The van der Waals surface area contributed by atoms with E-state index in [0.29, 0.717) is 17.2 Å². The molecule has 126 valence electrons. The Morgan fingerprint density at radius 3 is 2.50 bits per heavy atom. The maximum atomic E-state index is 12.0. The maximum Gasteiger partial charge on any atom is 0.356 e. The van der Waals surface area contributed by atoms with E-state index in [1.807, 2.05) is 13.0 Å². The van der Waals surface area contributed by atoms with Crippen LogP contribution in [0, 0.1) is 0 Å². The lowest BCUT2D eigenvalue weighted by Gasteiger charge is -2.18. The lowest BCUT2D eigenvalue weighted by Crippen LogP contribution is -2.35. The summed E-state index contributed by atoms with van der Waals surface area (Å²) in [5.74, 6) is -1.11. The Morgan fingerprint density at radius 1 is 1.25 bits per heavy atom. The number of hydrogen-bond acceptors (Lipinski definition) is 5. The molecule has 2 aromatic rings. The molecule has 1 aromatic heterocycles. The molecule has 1 aromatic carbocycles. The SMILES string of the molecule is CCC(CNC(=O)c1cnc(C(=O)O)cn1)Oc1ccccc1Cl. The van der Waals surface area contributed by atoms with Gasteiger partial charge in [-0.15, -0.1) is 0 Å². The number of aromatic nitrogens is 2. The van der Waals surface area contributed by atoms with Crippen molar-refractivity contribution in [2.45, 2.75) is 19.4 Å². The summed E-state index contributed by atoms with van der Waals surface area (Å²) in [4.78, 5) is 30.2. The maximum absolute atomic E-state index is 12.0. The molecule has 0 fully saturated rings. The first-order valence-corrected chi connectivity index (χ1v) is 7.63. The van der Waals surface area contributed by atoms with E-state index in [9.17, 15) is 9.59 Å². The molecule has 0 aliphatic rings. The third kappa shape index (κ3) is 4.66. The molecule has 2 rings (SSSR count). The zero-order valence-corrected chi connectivity index (χ0v) is 13.7. The number of rotatable bonds is 7. The molecule has 24 heavy (non-hydrogen) atoms. The van der Waals surface area contributed by atoms with Crippen molar-refractivity contribution in [1.82, 2.24) is 15.3 Å². The van der Waals surface area contributed by atoms with Crippen LogP contribution < -0.4 is 10.1 Å². The molecule has 0 saturated carbocycles. The predicted molar refractivity (Wildman–Crippen MR) is 87.5 cm³/mol. The number of carbonyl (C=O) groups excluding carboxylic acids is 1. The van der Waals surface area contributed by atoms with Crippen molar-refractivity contribution in [3.05, 3.63) is 53.1 Å². The van der Waals surface area contributed by atoms with Gasteiger partial charge in [-0.1, -0.05) is 30.7 Å². The van der Waals surface area contributed by atoms with Crippen molar-refractivity contribution in [3.63, 3.8) is 0 Å². The van der Waals surface area contributed by atoms with Crippen LogP contribution in [0.2, 0.25) is 5.02 Å². The molecule has 0 saturated heterocycles. The highest BCUT2D eigenvalue weighted by Crippen LogP contribution is 2.24. The van der Waals surface area contributed by atoms with Gasteiger partial charge in [0.05, 0.1) is 24.0 Å². The lowest BCUT2D eigenvalue weighted by molar-refractivity contribution is 0.0689. The van der Waals surface area contributed by atoms with Crippen LogP contribution in [0.3, 0.4) is 0 Å². The lowest BCUT2D eigenvalue weighted by atomic mass is 10.2. The number of carboxylic acid groups (broad SMARTS) is 1. The van der Waals surface area contributed by atoms with E-state index in [1.54, 1.807) is 18.2 Å². The Morgan fingerprint density at radius 2 is 1.92 bits per heavy atom. The smallest absolute Gasteiger partial charge is 0.356 e. The molecular formula is C16H16ClN3O4. The van der Waals surface area contributed by atoms with Crippen LogP contribution in [0.1, 0.15) is 34.3 Å². The van der Waals surface area contributed by atoms with Gasteiger partial charge in [0.15, 0.2) is 5.69 Å². The van der Waals surface area contributed by atoms with Gasteiger partial charge < -0.3 is 15.2 Å². The minimum Gasteiger partial charge on any atom is -0.487 e. The Bertz CT molecular complexity index is 722. The Hall–Kier alpha value is -2.67. The van der Waals surface area contributed by atoms with Gasteiger partial charge in [0, 0.05) is 0 Å². The number of aromatic carboxylic acids is 1. The molecule has 0 spiro atoms. The van der Waals surface area contributed by atoms with Gasteiger partial charge in [-0.05, 0) is 18.6 Å². The normalized spacial score (nSPS) is 11.6. The van der Waals surface area contributed by atoms with Crippen LogP contribution in [0.4, 0.5) is 0 Å². The van der Waals surface area contributed by atoms with Gasteiger partial charge in [0.25, 0.3) is 5.91 Å². The summed E-state index contributed by atoms with van der Waals surface area (Å²) in [6, 6.07) is 7.09. The standard InChI is InChI=1S/C16H16ClN3O4/c1-2-10(24-14-6-4-3-5-11(14)17)7-20-15(21)12-8-19-13(9-18-12)16(22)23/h3-6,8-10H,2,7H2,1H3,(H,20,21)(H,22,23). The van der Waals surface area contributed by atoms with Crippen LogP contribution >= 0.6 is 11.6 Å². The third-order valence-electron chi connectivity index (χ3n) is 3.18. The molecule has 1 unspecified atom stereocenters. The number of nitrogens with one attached hydrogen (secondary N) is 1. The number of amides is 1. The molecule has 1 atom stereocenters. The van der Waals surface area contributed by atoms with Gasteiger partial charge in [-0.2, -0.15) is 0 Å². The van der Waals surface area contributed by atoms with Crippen LogP contribution in [0.25, 0.3) is 0 Å². The first kappa shape index (κ1) is 17.7. The quantitative estimate of drug-likeness (QED) is 0.796. The van der Waals surface area contributed by atoms with E-state index < -0.39 is 11.9 Å². The second kappa shape index (κ2) is 8.26. The summed E-state index contributed by atoms with van der Waals surface area (Å²) < 4.78 is 5.77. The average Bonchev–Trinajstić information content (AvgIpc) is 2.60. The zero-order valence-electron chi connectivity index (χ0n) is 12.9. The number of benzene rings is 1. The second-order valence-electron chi connectivity index (χ2n) is 4.88. The topological polar surface area (TPSA) is 101 Å². The summed E-state index contributed by atoms with van der Waals surface area (Å²) in [7, 11) is 0. The van der Waals surface area contributed by atoms with E-state index in [1.165, 1.54) is 0 Å². The zero-order chi connectivity index (χ0) is 17.5. The fourth-order valence-electron chi connectivity index (χ4n) is 1.84. The number of carboxylic acids is 1. The first-order valence-electron chi connectivity index (χ1n) is 7.26. The van der Waals surface area contributed by atoms with Gasteiger partial charge in [0.2, 0.25) is 0 Å². The number of carbonyl (C=O) groups is 2. The van der Waals surface area contributed by atoms with E-state index in [2.05, 4.69) is 15.3 Å². The van der Waals surface area contributed by atoms with E-state index in [0.717, 1.165) is 12.4 Å². The molecule has 0 bridgehead atoms. The number of hydrogen-bond donors (Lipinski definition) is 2. The largest absolute Gasteiger partial charge is 0.487 e. The molecular weight excluding hydrogens is 334 g/mol. The van der Waals surface area contributed by atoms with Crippen molar-refractivity contribution < 1.29 is 19.4 Å². The molecule has 0 aliphatic heterocycles. The predicted octanol–water partition coefficient (Wildman–Crippen LogP) is 2.42. The van der Waals surface area contributed by atoms with E-state index in [4.69, 9.17) is 21.4 Å². The Labute approximate surface area is 143 Å². The van der Waals surface area contributed by atoms with Crippen LogP contribution in [0.15, 0.2) is 36.7 Å². The van der Waals surface area contributed by atoms with Crippen molar-refractivity contribution in [2.75, 3.05) is 6.54 Å². The fraction of sp³-hybridized carbons (Fsp3) is 0.250. The van der Waals surface area contributed by atoms with Crippen molar-refractivity contribution in [2.24, 2.45) is 0 Å². The first-order chi connectivity index (χ1) is 11.5. The molecule has 0 radical (unpaired) electrons. The van der Waals surface area contributed by atoms with Crippen molar-refractivity contribution in [1.29, 1.82) is 0 Å². The molecule has 1 amide bonds. The Kier molecular flexibility index (Phi) is 6.08. The van der Waals surface area contributed by atoms with E-state index >= 15 is 0 Å². The highest BCUT2D eigenvalue weighted by Gasteiger charge is 2.15. The fourth-order valence-corrected chi connectivity index (χ4v) is 2.02. The second-order valence-corrected chi connectivity index (χ2v) is 5.29. The summed E-state index contributed by atoms with van der Waals surface area (Å²) in [5.41, 5.74) is -0.187. The average molecular weight is 350 g/mol. The van der Waals surface area contributed by atoms with Gasteiger partial charge >= 0.3 is 5.97 Å². The van der Waals surface area contributed by atoms with Crippen LogP contribution in [-0.2, 0) is 0 Å². The monoisotopic (exact) mass is 349 g/mol. The minimum absolute atomic E-state index is 0.0348. The molecule has 7 nitrogen and oxygen atoms in total. The molecule has 8 heteroatoms. The summed E-state index contributed by atoms with van der Waals surface area (Å²) in [6.07, 6.45) is 2.55. The highest BCUT2D eigenvalue weighted by molar-refractivity contribution is 6.32. The van der Waals surface area contributed by atoms with Gasteiger partial charge in [-0.25, -0.2) is 14.8 Å². The number of para-hydroxylation sites is 1. The molecule has 1 heterocycles. The van der Waals surface area contributed by atoms with Crippen LogP contribution in [-0.4, -0.2) is 39.6 Å². The van der Waals surface area contributed by atoms with Crippen molar-refractivity contribution >= 4 is 23.5 Å². The molecule has 0 aliphatic carbocycles. The number of nitrogens with zero attached hydrogens (tertiary/aromatic N) is 2. The van der Waals surface area contributed by atoms with E-state index in [-0.39, 0.29) is 24.0 Å². The minimum atomic E-state index is -1.20. The summed E-state index contributed by atoms with van der Waals surface area (Å²) in [6.45, 7) is 2.18. The van der Waals surface area contributed by atoms with Crippen LogP contribution in [0.5, 0.6) is 5.75 Å². The summed E-state index contributed by atoms with van der Waals surface area (Å²) >= 11 is 6.05. The number of ether oxygens (including phenoxy) is 1. The third-order valence-corrected chi connectivity index (χ3v) is 3.49. The van der Waals surface area contributed by atoms with Crippen molar-refractivity contribution in [3.8, 4) is 5.75 Å². The highest BCUT2D eigenvalue weighted by atomic mass is 35.5. The Balaban J connectivity index is 1.93. The number of halogens is 1. The molecule has 2 N–H and O–H groups in total. The summed E-state index contributed by atoms with van der Waals surface area (Å²) in [5, 5.41) is 11.9. The van der Waals surface area contributed by atoms with Gasteiger partial charge in [0.1, 0.15) is 17.5 Å².